The SMILES string of the molecule is C=CC(=O)N1CCC(=O)N(C)c2ccccc21. The molecule has 0 aliphatic carbocycles. The van der Waals surface area contributed by atoms with Crippen LogP contribution in [0.1, 0.15) is 6.42 Å². The van der Waals surface area contributed by atoms with Gasteiger partial charge in [0.25, 0.3) is 0 Å². The van der Waals surface area contributed by atoms with Crippen LogP contribution in [0.15, 0.2) is 36.9 Å². The molecule has 0 aromatic heterocycles. The molecular formula is C13H14N2O2. The molecule has 0 fully saturated rings. The zero-order valence-corrected chi connectivity index (χ0v) is 9.72. The number of amides is 2. The van der Waals surface area contributed by atoms with Crippen LogP contribution in [0.4, 0.5) is 11.4 Å². The second kappa shape index (κ2) is 4.41. The van der Waals surface area contributed by atoms with E-state index in [0.717, 1.165) is 11.4 Å². The van der Waals surface area contributed by atoms with Crippen LogP contribution in [-0.2, 0) is 9.59 Å². The Morgan fingerprint density at radius 3 is 2.65 bits per heavy atom. The molecule has 17 heavy (non-hydrogen) atoms. The third-order valence-electron chi connectivity index (χ3n) is 2.90. The Bertz CT molecular complexity index is 482. The Morgan fingerprint density at radius 2 is 2.00 bits per heavy atom. The standard InChI is InChI=1S/C13H14N2O2/c1-3-12(16)15-9-8-13(17)14(2)10-6-4-5-7-11(10)15/h3-7H,1,8-9H2,2H3. The third kappa shape index (κ3) is 1.93. The van der Waals surface area contributed by atoms with E-state index < -0.39 is 0 Å². The second-order valence-corrected chi connectivity index (χ2v) is 3.89. The van der Waals surface area contributed by atoms with Crippen molar-refractivity contribution in [1.29, 1.82) is 0 Å². The first-order valence-electron chi connectivity index (χ1n) is 5.44. The summed E-state index contributed by atoms with van der Waals surface area (Å²) in [6.07, 6.45) is 1.59. The minimum atomic E-state index is -0.180. The van der Waals surface area contributed by atoms with Crippen LogP contribution in [0, 0.1) is 0 Å². The Morgan fingerprint density at radius 1 is 1.35 bits per heavy atom. The number of para-hydroxylation sites is 2. The summed E-state index contributed by atoms with van der Waals surface area (Å²) >= 11 is 0. The fraction of sp³-hybridized carbons (Fsp3) is 0.231. The van der Waals surface area contributed by atoms with Gasteiger partial charge in [0.05, 0.1) is 11.4 Å². The molecule has 2 rings (SSSR count). The summed E-state index contributed by atoms with van der Waals surface area (Å²) in [5, 5.41) is 0. The molecule has 0 spiro atoms. The van der Waals surface area contributed by atoms with Crippen LogP contribution in [0.5, 0.6) is 0 Å². The topological polar surface area (TPSA) is 40.6 Å². The van der Waals surface area contributed by atoms with Gasteiger partial charge in [0.1, 0.15) is 0 Å². The maximum Gasteiger partial charge on any atom is 0.250 e. The first-order chi connectivity index (χ1) is 8.15. The maximum absolute atomic E-state index is 11.8. The third-order valence-corrected chi connectivity index (χ3v) is 2.90. The Balaban J connectivity index is 2.53. The van der Waals surface area contributed by atoms with E-state index in [2.05, 4.69) is 6.58 Å². The van der Waals surface area contributed by atoms with Gasteiger partial charge in [-0.05, 0) is 18.2 Å². The van der Waals surface area contributed by atoms with Gasteiger partial charge >= 0.3 is 0 Å². The summed E-state index contributed by atoms with van der Waals surface area (Å²) in [6.45, 7) is 3.88. The van der Waals surface area contributed by atoms with Crippen LogP contribution in [0.2, 0.25) is 0 Å². The highest BCUT2D eigenvalue weighted by Gasteiger charge is 2.25. The molecule has 4 nitrogen and oxygen atoms in total. The number of nitrogens with zero attached hydrogens (tertiary/aromatic N) is 2. The van der Waals surface area contributed by atoms with Gasteiger partial charge in [-0.1, -0.05) is 18.7 Å². The van der Waals surface area contributed by atoms with Gasteiger partial charge in [0.2, 0.25) is 11.8 Å². The van der Waals surface area contributed by atoms with Gasteiger partial charge in [-0.25, -0.2) is 0 Å². The molecule has 1 aliphatic rings. The molecule has 0 N–H and O–H groups in total. The van der Waals surface area contributed by atoms with Crippen molar-refractivity contribution < 1.29 is 9.59 Å². The van der Waals surface area contributed by atoms with E-state index in [1.54, 1.807) is 16.8 Å². The van der Waals surface area contributed by atoms with Gasteiger partial charge in [-0.2, -0.15) is 0 Å². The Hall–Kier alpha value is -2.10. The monoisotopic (exact) mass is 230 g/mol. The molecule has 0 saturated heterocycles. The number of carbonyl (C=O) groups is 2. The largest absolute Gasteiger partial charge is 0.313 e. The molecular weight excluding hydrogens is 216 g/mol. The van der Waals surface area contributed by atoms with Crippen molar-refractivity contribution in [3.63, 3.8) is 0 Å². The molecule has 0 unspecified atom stereocenters. The van der Waals surface area contributed by atoms with Gasteiger partial charge in [0, 0.05) is 20.0 Å². The lowest BCUT2D eigenvalue weighted by Crippen LogP contribution is -2.30. The molecule has 0 atom stereocenters. The van der Waals surface area contributed by atoms with Crippen molar-refractivity contribution in [3.05, 3.63) is 36.9 Å². The minimum Gasteiger partial charge on any atom is -0.313 e. The van der Waals surface area contributed by atoms with Gasteiger partial charge in [-0.3, -0.25) is 9.59 Å². The fourth-order valence-electron chi connectivity index (χ4n) is 1.95. The zero-order chi connectivity index (χ0) is 12.4. The smallest absolute Gasteiger partial charge is 0.250 e. The quantitative estimate of drug-likeness (QED) is 0.687. The fourth-order valence-corrected chi connectivity index (χ4v) is 1.95. The van der Waals surface area contributed by atoms with Crippen molar-refractivity contribution in [2.45, 2.75) is 6.42 Å². The van der Waals surface area contributed by atoms with Crippen molar-refractivity contribution in [1.82, 2.24) is 0 Å². The van der Waals surface area contributed by atoms with E-state index in [-0.39, 0.29) is 11.8 Å². The highest BCUT2D eigenvalue weighted by atomic mass is 16.2. The highest BCUT2D eigenvalue weighted by Crippen LogP contribution is 2.31. The van der Waals surface area contributed by atoms with E-state index in [4.69, 9.17) is 0 Å². The van der Waals surface area contributed by atoms with Crippen LogP contribution >= 0.6 is 0 Å². The van der Waals surface area contributed by atoms with Crippen LogP contribution < -0.4 is 9.80 Å². The number of benzene rings is 1. The molecule has 0 saturated carbocycles. The number of anilines is 2. The molecule has 2 amide bonds. The summed E-state index contributed by atoms with van der Waals surface area (Å²) in [4.78, 5) is 26.7. The molecule has 1 heterocycles. The van der Waals surface area contributed by atoms with Crippen LogP contribution in [0.3, 0.4) is 0 Å². The Labute approximate surface area is 100 Å². The first kappa shape index (κ1) is 11.4. The molecule has 4 heteroatoms. The molecule has 1 aromatic carbocycles. The predicted octanol–water partition coefficient (Wildman–Crippen LogP) is 1.57. The van der Waals surface area contributed by atoms with E-state index in [1.165, 1.54) is 6.08 Å². The molecule has 0 bridgehead atoms. The van der Waals surface area contributed by atoms with Crippen molar-refractivity contribution in [2.24, 2.45) is 0 Å². The lowest BCUT2D eigenvalue weighted by molar-refractivity contribution is -0.118. The number of carbonyl (C=O) groups excluding carboxylic acids is 2. The first-order valence-corrected chi connectivity index (χ1v) is 5.44. The second-order valence-electron chi connectivity index (χ2n) is 3.89. The van der Waals surface area contributed by atoms with Crippen molar-refractivity contribution in [2.75, 3.05) is 23.4 Å². The van der Waals surface area contributed by atoms with E-state index in [1.807, 2.05) is 24.3 Å². The highest BCUT2D eigenvalue weighted by molar-refractivity contribution is 6.07. The van der Waals surface area contributed by atoms with Crippen molar-refractivity contribution in [3.8, 4) is 0 Å². The summed E-state index contributed by atoms with van der Waals surface area (Å²) in [6, 6.07) is 7.38. The molecule has 1 aromatic rings. The van der Waals surface area contributed by atoms with Gasteiger partial charge < -0.3 is 9.80 Å². The van der Waals surface area contributed by atoms with E-state index in [0.29, 0.717) is 13.0 Å². The summed E-state index contributed by atoms with van der Waals surface area (Å²) in [7, 11) is 1.73. The average molecular weight is 230 g/mol. The normalized spacial score (nSPS) is 15.2. The summed E-state index contributed by atoms with van der Waals surface area (Å²) < 4.78 is 0. The number of hydrogen-bond donors (Lipinski definition) is 0. The van der Waals surface area contributed by atoms with Gasteiger partial charge in [0.15, 0.2) is 0 Å². The minimum absolute atomic E-state index is 0.0109. The van der Waals surface area contributed by atoms with E-state index in [9.17, 15) is 9.59 Å². The predicted molar refractivity (Wildman–Crippen MR) is 67.0 cm³/mol. The number of hydrogen-bond acceptors (Lipinski definition) is 2. The van der Waals surface area contributed by atoms with Crippen LogP contribution in [0.25, 0.3) is 0 Å². The number of fused-ring (bicyclic) bond motifs is 1. The van der Waals surface area contributed by atoms with Crippen LogP contribution in [-0.4, -0.2) is 25.4 Å². The van der Waals surface area contributed by atoms with E-state index >= 15 is 0 Å². The lowest BCUT2D eigenvalue weighted by Gasteiger charge is -2.22. The maximum atomic E-state index is 11.8. The lowest BCUT2D eigenvalue weighted by atomic mass is 10.2. The van der Waals surface area contributed by atoms with Gasteiger partial charge in [-0.15, -0.1) is 0 Å². The average Bonchev–Trinajstić information content (AvgIpc) is 2.49. The molecule has 88 valence electrons. The zero-order valence-electron chi connectivity index (χ0n) is 9.72. The summed E-state index contributed by atoms with van der Waals surface area (Å²) in [5.41, 5.74) is 1.51. The molecule has 0 radical (unpaired) electrons. The molecule has 1 aliphatic heterocycles. The summed E-state index contributed by atoms with van der Waals surface area (Å²) in [5.74, 6) is -0.169. The number of rotatable bonds is 1. The Kier molecular flexibility index (Phi) is 2.95. The van der Waals surface area contributed by atoms with Crippen molar-refractivity contribution >= 4 is 23.2 Å².